The third-order valence-corrected chi connectivity index (χ3v) is 5.47. The maximum Gasteiger partial charge on any atom is 0.102 e. The van der Waals surface area contributed by atoms with E-state index in [2.05, 4.69) is 19.9 Å². The van der Waals surface area contributed by atoms with Crippen molar-refractivity contribution < 1.29 is 14.9 Å². The van der Waals surface area contributed by atoms with Crippen molar-refractivity contribution >= 4 is 0 Å². The van der Waals surface area contributed by atoms with Gasteiger partial charge in [-0.25, -0.2) is 9.78 Å². The van der Waals surface area contributed by atoms with Crippen LogP contribution in [0.1, 0.15) is 84.5 Å². The van der Waals surface area contributed by atoms with E-state index in [0.717, 1.165) is 19.3 Å². The lowest BCUT2D eigenvalue weighted by molar-refractivity contribution is -0.337. The zero-order chi connectivity index (χ0) is 16.5. The fourth-order valence-corrected chi connectivity index (χ4v) is 4.03. The lowest BCUT2D eigenvalue weighted by Crippen LogP contribution is -2.29. The smallest absolute Gasteiger partial charge is 0.102 e. The molecule has 2 rings (SSSR count). The molecule has 5 atom stereocenters. The van der Waals surface area contributed by atoms with E-state index in [1.54, 1.807) is 0 Å². The predicted molar refractivity (Wildman–Crippen MR) is 94.0 cm³/mol. The average Bonchev–Trinajstić information content (AvgIpc) is 3.14. The first kappa shape index (κ1) is 19.0. The first-order valence-electron chi connectivity index (χ1n) is 9.94. The van der Waals surface area contributed by atoms with Gasteiger partial charge < -0.3 is 5.11 Å². The van der Waals surface area contributed by atoms with Gasteiger partial charge in [-0.2, -0.15) is 0 Å². The molecule has 134 valence electrons. The summed E-state index contributed by atoms with van der Waals surface area (Å²) in [6, 6.07) is 0. The molecule has 1 N–H and O–H groups in total. The Balaban J connectivity index is 1.76. The van der Waals surface area contributed by atoms with Gasteiger partial charge in [0.05, 0.1) is 12.2 Å². The maximum atomic E-state index is 10.1. The molecule has 3 nitrogen and oxygen atoms in total. The predicted octanol–water partition coefficient (Wildman–Crippen LogP) is 5.18. The minimum absolute atomic E-state index is 0.208. The second kappa shape index (κ2) is 10.5. The molecule has 2 fully saturated rings. The van der Waals surface area contributed by atoms with Gasteiger partial charge in [0.1, 0.15) is 6.10 Å². The summed E-state index contributed by atoms with van der Waals surface area (Å²) in [6.45, 7) is 4.45. The Kier molecular flexibility index (Phi) is 8.63. The Bertz CT molecular complexity index is 342. The van der Waals surface area contributed by atoms with Crippen LogP contribution in [0, 0.1) is 11.8 Å². The minimum Gasteiger partial charge on any atom is -0.389 e. The van der Waals surface area contributed by atoms with Gasteiger partial charge in [0, 0.05) is 12.3 Å². The number of rotatable bonds is 12. The van der Waals surface area contributed by atoms with Crippen LogP contribution in [-0.2, 0) is 9.78 Å². The highest BCUT2D eigenvalue weighted by Crippen LogP contribution is 2.45. The summed E-state index contributed by atoms with van der Waals surface area (Å²) >= 11 is 0. The summed E-state index contributed by atoms with van der Waals surface area (Å²) in [5.74, 6) is 1.01. The number of hydrogen-bond acceptors (Lipinski definition) is 3. The number of fused-ring (bicyclic) bond motifs is 2. The molecular weight excluding hydrogens is 288 g/mol. The van der Waals surface area contributed by atoms with Gasteiger partial charge in [-0.1, -0.05) is 77.4 Å². The summed E-state index contributed by atoms with van der Waals surface area (Å²) in [5, 5.41) is 10.1. The molecule has 1 saturated heterocycles. The lowest BCUT2D eigenvalue weighted by atomic mass is 9.87. The molecule has 3 heteroatoms. The van der Waals surface area contributed by atoms with Gasteiger partial charge in [-0.05, 0) is 18.8 Å². The first-order valence-corrected chi connectivity index (χ1v) is 9.94. The molecule has 0 spiro atoms. The number of unbranched alkanes of at least 4 members (excludes halogenated alkanes) is 6. The van der Waals surface area contributed by atoms with Crippen LogP contribution in [-0.4, -0.2) is 23.4 Å². The molecule has 0 amide bonds. The Morgan fingerprint density at radius 2 is 1.65 bits per heavy atom. The van der Waals surface area contributed by atoms with Crippen LogP contribution in [0.3, 0.4) is 0 Å². The van der Waals surface area contributed by atoms with E-state index >= 15 is 0 Å². The van der Waals surface area contributed by atoms with Gasteiger partial charge in [0.25, 0.3) is 0 Å². The highest BCUT2D eigenvalue weighted by molar-refractivity contribution is 5.06. The Morgan fingerprint density at radius 1 is 0.957 bits per heavy atom. The van der Waals surface area contributed by atoms with Gasteiger partial charge in [0.15, 0.2) is 0 Å². The van der Waals surface area contributed by atoms with E-state index < -0.39 is 0 Å². The third kappa shape index (κ3) is 5.88. The van der Waals surface area contributed by atoms with Gasteiger partial charge >= 0.3 is 0 Å². The topological polar surface area (TPSA) is 38.7 Å². The SMILES string of the molecule is CCCCCCC[C@H]1[C@@H](/C=C/[C@H](O)CCCCC)[C@H]2C[C@@H]1OO2. The van der Waals surface area contributed by atoms with Crippen LogP contribution in [0.25, 0.3) is 0 Å². The average molecular weight is 325 g/mol. The quantitative estimate of drug-likeness (QED) is 0.305. The normalized spacial score (nSPS) is 31.3. The van der Waals surface area contributed by atoms with Crippen molar-refractivity contribution in [1.29, 1.82) is 0 Å². The zero-order valence-electron chi connectivity index (χ0n) is 15.1. The molecule has 23 heavy (non-hydrogen) atoms. The van der Waals surface area contributed by atoms with E-state index in [0.29, 0.717) is 11.8 Å². The fraction of sp³-hybridized carbons (Fsp3) is 0.900. The fourth-order valence-electron chi connectivity index (χ4n) is 4.03. The molecule has 2 aliphatic rings. The number of aliphatic hydroxyl groups is 1. The lowest BCUT2D eigenvalue weighted by Gasteiger charge is -2.28. The van der Waals surface area contributed by atoms with Crippen LogP contribution in [0.5, 0.6) is 0 Å². The summed E-state index contributed by atoms with van der Waals surface area (Å²) in [7, 11) is 0. The van der Waals surface area contributed by atoms with E-state index in [9.17, 15) is 5.11 Å². The first-order chi connectivity index (χ1) is 11.3. The molecule has 1 aliphatic heterocycles. The summed E-state index contributed by atoms with van der Waals surface area (Å²) in [5.41, 5.74) is 0. The Hall–Kier alpha value is -0.380. The van der Waals surface area contributed by atoms with E-state index in [4.69, 9.17) is 9.78 Å². The van der Waals surface area contributed by atoms with Gasteiger partial charge in [-0.15, -0.1) is 0 Å². The van der Waals surface area contributed by atoms with Crippen molar-refractivity contribution in [3.63, 3.8) is 0 Å². The van der Waals surface area contributed by atoms with Crippen LogP contribution in [0.2, 0.25) is 0 Å². The molecular formula is C20H36O3. The van der Waals surface area contributed by atoms with E-state index in [1.807, 2.05) is 6.08 Å². The van der Waals surface area contributed by atoms with Crippen molar-refractivity contribution in [2.24, 2.45) is 11.8 Å². The van der Waals surface area contributed by atoms with Crippen LogP contribution >= 0.6 is 0 Å². The standard InChI is InChI=1S/C20H36O3/c1-3-5-7-8-10-12-17-18(20-15-19(17)22-23-20)14-13-16(21)11-9-6-4-2/h13-14,16-21H,3-12,15H2,1-2H3/b14-13+/t16-,17+,18-,19+,20-/m1/s1. The molecule has 1 heterocycles. The van der Waals surface area contributed by atoms with E-state index in [-0.39, 0.29) is 18.3 Å². The summed E-state index contributed by atoms with van der Waals surface area (Å²) < 4.78 is 0. The molecule has 0 aromatic carbocycles. The highest BCUT2D eigenvalue weighted by atomic mass is 17.2. The molecule has 0 aromatic heterocycles. The third-order valence-electron chi connectivity index (χ3n) is 5.47. The largest absolute Gasteiger partial charge is 0.389 e. The molecule has 2 bridgehead atoms. The summed E-state index contributed by atoms with van der Waals surface area (Å²) in [6.07, 6.45) is 17.7. The van der Waals surface area contributed by atoms with Crippen molar-refractivity contribution in [2.45, 2.75) is 103 Å². The number of aliphatic hydroxyl groups excluding tert-OH is 1. The van der Waals surface area contributed by atoms with E-state index in [1.165, 1.54) is 51.4 Å². The highest BCUT2D eigenvalue weighted by Gasteiger charge is 2.49. The molecule has 0 unspecified atom stereocenters. The van der Waals surface area contributed by atoms with Crippen LogP contribution in [0.4, 0.5) is 0 Å². The number of hydrogen-bond donors (Lipinski definition) is 1. The summed E-state index contributed by atoms with van der Waals surface area (Å²) in [4.78, 5) is 10.9. The zero-order valence-corrected chi connectivity index (χ0v) is 15.1. The van der Waals surface area contributed by atoms with Crippen molar-refractivity contribution in [1.82, 2.24) is 0 Å². The Morgan fingerprint density at radius 3 is 2.43 bits per heavy atom. The van der Waals surface area contributed by atoms with Crippen molar-refractivity contribution in [3.05, 3.63) is 12.2 Å². The molecule has 1 aliphatic carbocycles. The van der Waals surface area contributed by atoms with Crippen molar-refractivity contribution in [2.75, 3.05) is 0 Å². The minimum atomic E-state index is -0.299. The van der Waals surface area contributed by atoms with Gasteiger partial charge in [0.2, 0.25) is 0 Å². The second-order valence-electron chi connectivity index (χ2n) is 7.40. The van der Waals surface area contributed by atoms with Crippen LogP contribution in [0.15, 0.2) is 12.2 Å². The second-order valence-corrected chi connectivity index (χ2v) is 7.40. The monoisotopic (exact) mass is 324 g/mol. The Labute approximate surface area is 142 Å². The van der Waals surface area contributed by atoms with Crippen LogP contribution < -0.4 is 0 Å². The van der Waals surface area contributed by atoms with Gasteiger partial charge in [-0.3, -0.25) is 0 Å². The maximum absolute atomic E-state index is 10.1. The molecule has 0 radical (unpaired) electrons. The molecule has 0 aromatic rings. The van der Waals surface area contributed by atoms with Crippen molar-refractivity contribution in [3.8, 4) is 0 Å². The molecule has 1 saturated carbocycles.